The van der Waals surface area contributed by atoms with Crippen molar-refractivity contribution in [3.8, 4) is 0 Å². The monoisotopic (exact) mass is 144 g/mol. The highest BCUT2D eigenvalue weighted by Gasteiger charge is 2.19. The lowest BCUT2D eigenvalue weighted by Crippen LogP contribution is -2.65. The van der Waals surface area contributed by atoms with Crippen LogP contribution in [0.5, 0.6) is 0 Å². The highest BCUT2D eigenvalue weighted by atomic mass is 16.0. The van der Waals surface area contributed by atoms with Crippen molar-refractivity contribution in [2.75, 3.05) is 0 Å². The van der Waals surface area contributed by atoms with E-state index in [9.17, 15) is 0 Å². The van der Waals surface area contributed by atoms with Gasteiger partial charge in [0.25, 0.3) is 0 Å². The van der Waals surface area contributed by atoms with Crippen molar-refractivity contribution in [2.24, 2.45) is 22.5 Å². The van der Waals surface area contributed by atoms with Gasteiger partial charge in [-0.2, -0.15) is 5.12 Å². The van der Waals surface area contributed by atoms with Crippen molar-refractivity contribution < 1.29 is 0 Å². The van der Waals surface area contributed by atoms with Crippen LogP contribution in [0.25, 0.3) is 0 Å². The molecule has 1 heterocycles. The first kappa shape index (κ1) is 6.74. The number of hydrogen-bond acceptors (Lipinski definition) is 7. The SMILES string of the molecule is N=C1C(N)=NNN(N)N1N. The van der Waals surface area contributed by atoms with Crippen LogP contribution in [0.1, 0.15) is 0 Å². The van der Waals surface area contributed by atoms with Crippen LogP contribution in [-0.4, -0.2) is 22.0 Å². The van der Waals surface area contributed by atoms with Gasteiger partial charge in [0.1, 0.15) is 0 Å². The van der Waals surface area contributed by atoms with Gasteiger partial charge in [-0.25, -0.2) is 17.2 Å². The summed E-state index contributed by atoms with van der Waals surface area (Å²) in [7, 11) is 0. The second-order valence-electron chi connectivity index (χ2n) is 1.63. The number of nitrogens with zero attached hydrogens (tertiary/aromatic N) is 3. The molecule has 0 aliphatic carbocycles. The number of hydrazone groups is 1. The lowest BCUT2D eigenvalue weighted by Gasteiger charge is -2.29. The molecule has 1 aliphatic heterocycles. The van der Waals surface area contributed by atoms with E-state index in [2.05, 4.69) is 10.6 Å². The van der Waals surface area contributed by atoms with Crippen LogP contribution in [0, 0.1) is 5.41 Å². The molecule has 0 bridgehead atoms. The molecule has 0 saturated heterocycles. The third-order valence-corrected chi connectivity index (χ3v) is 0.977. The van der Waals surface area contributed by atoms with E-state index in [1.165, 1.54) is 0 Å². The average Bonchev–Trinajstić information content (AvgIpc) is 1.93. The molecular formula is C2H8N8. The Balaban J connectivity index is 2.81. The van der Waals surface area contributed by atoms with Gasteiger partial charge < -0.3 is 5.73 Å². The molecule has 56 valence electrons. The Labute approximate surface area is 56.6 Å². The minimum atomic E-state index is -0.152. The number of nitrogens with two attached hydrogens (primary N) is 3. The van der Waals surface area contributed by atoms with E-state index in [0.29, 0.717) is 0 Å². The predicted octanol–water partition coefficient (Wildman–Crippen LogP) is -2.98. The molecule has 0 fully saturated rings. The Morgan fingerprint density at radius 1 is 1.50 bits per heavy atom. The van der Waals surface area contributed by atoms with Gasteiger partial charge in [0.05, 0.1) is 0 Å². The Bertz CT molecular complexity index is 182. The minimum Gasteiger partial charge on any atom is -0.379 e. The first-order valence-electron chi connectivity index (χ1n) is 2.40. The molecule has 8 N–H and O–H groups in total. The van der Waals surface area contributed by atoms with Crippen molar-refractivity contribution in [1.82, 2.24) is 15.9 Å². The largest absolute Gasteiger partial charge is 0.379 e. The van der Waals surface area contributed by atoms with E-state index in [1.54, 1.807) is 0 Å². The van der Waals surface area contributed by atoms with Crippen LogP contribution in [0.15, 0.2) is 5.10 Å². The summed E-state index contributed by atoms with van der Waals surface area (Å²) in [5.74, 6) is 10.2. The molecule has 0 aromatic carbocycles. The highest BCUT2D eigenvalue weighted by Crippen LogP contribution is 1.88. The van der Waals surface area contributed by atoms with E-state index in [1.807, 2.05) is 0 Å². The number of amidine groups is 2. The molecule has 0 aromatic heterocycles. The summed E-state index contributed by atoms with van der Waals surface area (Å²) < 4.78 is 0. The Hall–Kier alpha value is -1.38. The zero-order chi connectivity index (χ0) is 7.72. The number of rotatable bonds is 0. The summed E-state index contributed by atoms with van der Waals surface area (Å²) in [4.78, 5) is 0. The average molecular weight is 144 g/mol. The lowest BCUT2D eigenvalue weighted by molar-refractivity contribution is -0.0164. The first-order chi connectivity index (χ1) is 4.63. The topological polar surface area (TPSA) is 133 Å². The third-order valence-electron chi connectivity index (χ3n) is 0.977. The second-order valence-corrected chi connectivity index (χ2v) is 1.63. The maximum absolute atomic E-state index is 7.11. The lowest BCUT2D eigenvalue weighted by atomic mass is 10.5. The van der Waals surface area contributed by atoms with Gasteiger partial charge in [-0.1, -0.05) is 0 Å². The summed E-state index contributed by atoms with van der Waals surface area (Å²) in [6.07, 6.45) is 0. The van der Waals surface area contributed by atoms with Crippen molar-refractivity contribution >= 4 is 11.7 Å². The summed E-state index contributed by atoms with van der Waals surface area (Å²) in [6, 6.07) is 0. The molecule has 0 radical (unpaired) electrons. The predicted molar refractivity (Wildman–Crippen MR) is 34.5 cm³/mol. The van der Waals surface area contributed by atoms with E-state index in [0.717, 1.165) is 10.3 Å². The van der Waals surface area contributed by atoms with Gasteiger partial charge in [-0.15, -0.1) is 5.10 Å². The van der Waals surface area contributed by atoms with E-state index in [4.69, 9.17) is 22.8 Å². The molecule has 0 unspecified atom stereocenters. The Kier molecular flexibility index (Phi) is 1.41. The van der Waals surface area contributed by atoms with Gasteiger partial charge in [0.2, 0.25) is 0 Å². The van der Waals surface area contributed by atoms with Crippen LogP contribution in [0.4, 0.5) is 0 Å². The maximum atomic E-state index is 7.11. The fourth-order valence-electron chi connectivity index (χ4n) is 0.431. The molecule has 0 spiro atoms. The zero-order valence-corrected chi connectivity index (χ0v) is 5.07. The Morgan fingerprint density at radius 3 is 2.60 bits per heavy atom. The summed E-state index contributed by atoms with van der Waals surface area (Å²) in [5.41, 5.74) is 7.44. The molecule has 8 heteroatoms. The molecule has 10 heavy (non-hydrogen) atoms. The van der Waals surface area contributed by atoms with Crippen LogP contribution >= 0.6 is 0 Å². The molecule has 8 nitrogen and oxygen atoms in total. The van der Waals surface area contributed by atoms with Crippen molar-refractivity contribution in [3.63, 3.8) is 0 Å². The number of hydrazine groups is 4. The van der Waals surface area contributed by atoms with Crippen LogP contribution < -0.4 is 23.0 Å². The molecule has 0 saturated carbocycles. The van der Waals surface area contributed by atoms with E-state index >= 15 is 0 Å². The number of nitrogens with one attached hydrogen (secondary N) is 2. The molecule has 0 amide bonds. The van der Waals surface area contributed by atoms with Gasteiger partial charge in [0, 0.05) is 0 Å². The van der Waals surface area contributed by atoms with Gasteiger partial charge in [-0.3, -0.25) is 5.41 Å². The van der Waals surface area contributed by atoms with Gasteiger partial charge in [-0.05, 0) is 5.23 Å². The molecule has 0 atom stereocenters. The van der Waals surface area contributed by atoms with Crippen molar-refractivity contribution in [1.29, 1.82) is 5.41 Å². The van der Waals surface area contributed by atoms with Crippen molar-refractivity contribution in [3.05, 3.63) is 0 Å². The van der Waals surface area contributed by atoms with Crippen molar-refractivity contribution in [2.45, 2.75) is 0 Å². The second kappa shape index (κ2) is 2.10. The molecule has 0 aromatic rings. The van der Waals surface area contributed by atoms with Gasteiger partial charge in [0.15, 0.2) is 11.7 Å². The minimum absolute atomic E-state index is 0.01000. The van der Waals surface area contributed by atoms with Gasteiger partial charge >= 0.3 is 0 Å². The fourth-order valence-corrected chi connectivity index (χ4v) is 0.431. The number of hydrogen-bond donors (Lipinski definition) is 5. The highest BCUT2D eigenvalue weighted by molar-refractivity contribution is 6.38. The molecule has 1 rings (SSSR count). The van der Waals surface area contributed by atoms with E-state index < -0.39 is 0 Å². The van der Waals surface area contributed by atoms with E-state index in [-0.39, 0.29) is 11.7 Å². The third kappa shape index (κ3) is 0.857. The zero-order valence-electron chi connectivity index (χ0n) is 5.07. The first-order valence-corrected chi connectivity index (χ1v) is 2.40. The Morgan fingerprint density at radius 2 is 2.10 bits per heavy atom. The fraction of sp³-hybridized carbons (Fsp3) is 0. The maximum Gasteiger partial charge on any atom is 0.199 e. The molecule has 1 aliphatic rings. The standard InChI is InChI=1S/C2H8N8/c3-1-2(4)9(5)10(6)8-7-1/h4,8H,5-6H2,(H2,3,7). The quantitative estimate of drug-likeness (QED) is 0.230. The van der Waals surface area contributed by atoms with Crippen LogP contribution in [0.2, 0.25) is 0 Å². The normalized spacial score (nSPS) is 20.4. The molecular weight excluding hydrogens is 136 g/mol. The summed E-state index contributed by atoms with van der Waals surface area (Å²) in [5, 5.41) is 12.2. The summed E-state index contributed by atoms with van der Waals surface area (Å²) in [6.45, 7) is 0. The van der Waals surface area contributed by atoms with Crippen LogP contribution in [0.3, 0.4) is 0 Å². The summed E-state index contributed by atoms with van der Waals surface area (Å²) >= 11 is 0. The van der Waals surface area contributed by atoms with Crippen LogP contribution in [-0.2, 0) is 0 Å². The smallest absolute Gasteiger partial charge is 0.199 e.